The van der Waals surface area contributed by atoms with E-state index < -0.39 is 14.9 Å². The van der Waals surface area contributed by atoms with Crippen molar-refractivity contribution < 1.29 is 18.4 Å². The number of nitrogens with zero attached hydrogens (tertiary/aromatic N) is 1. The SMILES string of the molecule is Cc1ccc(S(=O)(=O)NCCCC(C)CO)cc1[N+](=O)[O-]. The smallest absolute Gasteiger partial charge is 0.273 e. The molecule has 0 aliphatic rings. The Kier molecular flexibility index (Phi) is 6.25. The second kappa shape index (κ2) is 7.48. The van der Waals surface area contributed by atoms with Crippen LogP contribution < -0.4 is 4.72 Å². The molecule has 0 aliphatic heterocycles. The predicted molar refractivity (Wildman–Crippen MR) is 78.5 cm³/mol. The highest BCUT2D eigenvalue weighted by Gasteiger charge is 2.19. The van der Waals surface area contributed by atoms with Crippen molar-refractivity contribution in [2.24, 2.45) is 5.92 Å². The number of sulfonamides is 1. The van der Waals surface area contributed by atoms with Crippen LogP contribution in [0.1, 0.15) is 25.3 Å². The molecule has 118 valence electrons. The Bertz CT molecular complexity index is 601. The van der Waals surface area contributed by atoms with Gasteiger partial charge in [0, 0.05) is 24.8 Å². The van der Waals surface area contributed by atoms with Crippen molar-refractivity contribution >= 4 is 15.7 Å². The van der Waals surface area contributed by atoms with E-state index >= 15 is 0 Å². The fourth-order valence-corrected chi connectivity index (χ4v) is 2.88. The van der Waals surface area contributed by atoms with Crippen molar-refractivity contribution in [3.63, 3.8) is 0 Å². The molecule has 8 heteroatoms. The Labute approximate surface area is 124 Å². The number of nitro groups is 1. The highest BCUT2D eigenvalue weighted by Crippen LogP contribution is 2.22. The van der Waals surface area contributed by atoms with Gasteiger partial charge in [0.25, 0.3) is 5.69 Å². The maximum Gasteiger partial charge on any atom is 0.273 e. The minimum absolute atomic E-state index is 0.0664. The lowest BCUT2D eigenvalue weighted by atomic mass is 10.1. The molecule has 0 bridgehead atoms. The van der Waals surface area contributed by atoms with Crippen molar-refractivity contribution in [1.82, 2.24) is 4.72 Å². The van der Waals surface area contributed by atoms with Crippen molar-refractivity contribution in [2.45, 2.75) is 31.6 Å². The molecule has 0 radical (unpaired) electrons. The molecule has 0 heterocycles. The van der Waals surface area contributed by atoms with Crippen LogP contribution in [0.5, 0.6) is 0 Å². The number of benzene rings is 1. The van der Waals surface area contributed by atoms with Gasteiger partial charge in [-0.25, -0.2) is 13.1 Å². The molecule has 1 aromatic rings. The van der Waals surface area contributed by atoms with Gasteiger partial charge in [-0.3, -0.25) is 10.1 Å². The van der Waals surface area contributed by atoms with Gasteiger partial charge in [0.15, 0.2) is 0 Å². The van der Waals surface area contributed by atoms with Crippen molar-refractivity contribution in [1.29, 1.82) is 0 Å². The lowest BCUT2D eigenvalue weighted by Crippen LogP contribution is -2.25. The standard InChI is InChI=1S/C13H20N2O5S/c1-10(9-16)4-3-7-14-21(19,20)12-6-5-11(2)13(8-12)15(17)18/h5-6,8,10,14,16H,3-4,7,9H2,1-2H3. The fraction of sp³-hybridized carbons (Fsp3) is 0.538. The van der Waals surface area contributed by atoms with E-state index in [2.05, 4.69) is 4.72 Å². The van der Waals surface area contributed by atoms with Gasteiger partial charge in [-0.1, -0.05) is 13.0 Å². The van der Waals surface area contributed by atoms with E-state index in [9.17, 15) is 18.5 Å². The lowest BCUT2D eigenvalue weighted by molar-refractivity contribution is -0.385. The zero-order valence-electron chi connectivity index (χ0n) is 12.1. The highest BCUT2D eigenvalue weighted by atomic mass is 32.2. The molecule has 0 aliphatic carbocycles. The van der Waals surface area contributed by atoms with Crippen LogP contribution in [0.25, 0.3) is 0 Å². The second-order valence-electron chi connectivity index (χ2n) is 5.03. The third kappa shape index (κ3) is 5.07. The normalized spacial score (nSPS) is 13.1. The van der Waals surface area contributed by atoms with Crippen LogP contribution >= 0.6 is 0 Å². The molecule has 2 N–H and O–H groups in total. The summed E-state index contributed by atoms with van der Waals surface area (Å²) in [5.74, 6) is 0.120. The number of aliphatic hydroxyl groups excluding tert-OH is 1. The zero-order valence-corrected chi connectivity index (χ0v) is 12.9. The molecule has 0 saturated heterocycles. The molecule has 0 fully saturated rings. The molecule has 0 aromatic heterocycles. The van der Waals surface area contributed by atoms with Crippen molar-refractivity contribution in [3.8, 4) is 0 Å². The van der Waals surface area contributed by atoms with Crippen molar-refractivity contribution in [2.75, 3.05) is 13.2 Å². The van der Waals surface area contributed by atoms with Gasteiger partial charge >= 0.3 is 0 Å². The molecule has 7 nitrogen and oxygen atoms in total. The average Bonchev–Trinajstić information content (AvgIpc) is 2.43. The van der Waals surface area contributed by atoms with Gasteiger partial charge in [-0.2, -0.15) is 0 Å². The monoisotopic (exact) mass is 316 g/mol. The van der Waals surface area contributed by atoms with Gasteiger partial charge < -0.3 is 5.11 Å². The third-order valence-electron chi connectivity index (χ3n) is 3.17. The summed E-state index contributed by atoms with van der Waals surface area (Å²) in [5.41, 5.74) is 0.197. The van der Waals surface area contributed by atoms with Crippen LogP contribution in [0, 0.1) is 23.0 Å². The summed E-state index contributed by atoms with van der Waals surface area (Å²) >= 11 is 0. The third-order valence-corrected chi connectivity index (χ3v) is 4.62. The van der Waals surface area contributed by atoms with Crippen LogP contribution in [-0.2, 0) is 10.0 Å². The maximum absolute atomic E-state index is 12.0. The van der Waals surface area contributed by atoms with E-state index in [4.69, 9.17) is 5.11 Å². The number of nitro benzene ring substituents is 1. The van der Waals surface area contributed by atoms with E-state index in [1.54, 1.807) is 6.92 Å². The summed E-state index contributed by atoms with van der Waals surface area (Å²) in [6.45, 7) is 3.72. The first-order chi connectivity index (χ1) is 9.77. The lowest BCUT2D eigenvalue weighted by Gasteiger charge is -2.09. The molecule has 0 spiro atoms. The summed E-state index contributed by atoms with van der Waals surface area (Å²) in [4.78, 5) is 10.1. The minimum Gasteiger partial charge on any atom is -0.396 e. The van der Waals surface area contributed by atoms with Crippen LogP contribution in [0.4, 0.5) is 5.69 Å². The Balaban J connectivity index is 2.75. The predicted octanol–water partition coefficient (Wildman–Crippen LogP) is 1.59. The van der Waals surface area contributed by atoms with Crippen molar-refractivity contribution in [3.05, 3.63) is 33.9 Å². The molecule has 1 rings (SSSR count). The number of hydrogen-bond acceptors (Lipinski definition) is 5. The molecule has 0 amide bonds. The summed E-state index contributed by atoms with van der Waals surface area (Å²) in [7, 11) is -3.75. The first-order valence-corrected chi connectivity index (χ1v) is 8.12. The van der Waals surface area contributed by atoms with Crippen LogP contribution in [-0.4, -0.2) is 31.6 Å². The Morgan fingerprint density at radius 1 is 1.43 bits per heavy atom. The average molecular weight is 316 g/mol. The van der Waals surface area contributed by atoms with Crippen LogP contribution in [0.2, 0.25) is 0 Å². The molecule has 21 heavy (non-hydrogen) atoms. The molecule has 1 aromatic carbocycles. The molecular formula is C13H20N2O5S. The highest BCUT2D eigenvalue weighted by molar-refractivity contribution is 7.89. The molecular weight excluding hydrogens is 296 g/mol. The van der Waals surface area contributed by atoms with Crippen LogP contribution in [0.15, 0.2) is 23.1 Å². The van der Waals surface area contributed by atoms with Gasteiger partial charge in [0.1, 0.15) is 0 Å². The number of aliphatic hydroxyl groups is 1. The van der Waals surface area contributed by atoms with E-state index in [0.717, 1.165) is 6.07 Å². The van der Waals surface area contributed by atoms with Gasteiger partial charge in [-0.05, 0) is 31.7 Å². The molecule has 1 atom stereocenters. The van der Waals surface area contributed by atoms with E-state index in [1.807, 2.05) is 6.92 Å². The zero-order chi connectivity index (χ0) is 16.0. The summed E-state index contributed by atoms with van der Waals surface area (Å²) in [6.07, 6.45) is 1.29. The Morgan fingerprint density at radius 3 is 2.67 bits per heavy atom. The Hall–Kier alpha value is -1.51. The summed E-state index contributed by atoms with van der Waals surface area (Å²) in [5, 5.41) is 19.7. The quantitative estimate of drug-likeness (QED) is 0.430. The molecule has 1 unspecified atom stereocenters. The Morgan fingerprint density at radius 2 is 2.10 bits per heavy atom. The number of rotatable bonds is 8. The minimum atomic E-state index is -3.75. The topological polar surface area (TPSA) is 110 Å². The largest absolute Gasteiger partial charge is 0.396 e. The summed E-state index contributed by atoms with van der Waals surface area (Å²) < 4.78 is 26.5. The van der Waals surface area contributed by atoms with Gasteiger partial charge in [0.2, 0.25) is 10.0 Å². The maximum atomic E-state index is 12.0. The van der Waals surface area contributed by atoms with E-state index in [-0.39, 0.29) is 29.7 Å². The first-order valence-electron chi connectivity index (χ1n) is 6.63. The number of aryl methyl sites for hydroxylation is 1. The van der Waals surface area contributed by atoms with E-state index in [0.29, 0.717) is 18.4 Å². The van der Waals surface area contributed by atoms with E-state index in [1.165, 1.54) is 12.1 Å². The van der Waals surface area contributed by atoms with Gasteiger partial charge in [-0.15, -0.1) is 0 Å². The number of nitrogens with one attached hydrogen (secondary N) is 1. The fourth-order valence-electron chi connectivity index (χ4n) is 1.78. The van der Waals surface area contributed by atoms with Crippen LogP contribution in [0.3, 0.4) is 0 Å². The second-order valence-corrected chi connectivity index (χ2v) is 6.80. The van der Waals surface area contributed by atoms with Gasteiger partial charge in [0.05, 0.1) is 9.82 Å². The summed E-state index contributed by atoms with van der Waals surface area (Å²) in [6, 6.07) is 3.83. The molecule has 0 saturated carbocycles. The first kappa shape index (κ1) is 17.5. The number of hydrogen-bond donors (Lipinski definition) is 2.